The van der Waals surface area contributed by atoms with Gasteiger partial charge in [-0.05, 0) is 0 Å². The molecule has 1 saturated heterocycles. The molecule has 0 amide bonds. The van der Waals surface area contributed by atoms with Crippen LogP contribution in [-0.4, -0.2) is 40.4 Å². The van der Waals surface area contributed by atoms with Gasteiger partial charge in [-0.25, -0.2) is 0 Å². The van der Waals surface area contributed by atoms with Crippen molar-refractivity contribution in [3.8, 4) is 0 Å². The van der Waals surface area contributed by atoms with Gasteiger partial charge in [0.25, 0.3) is 0 Å². The zero-order valence-corrected chi connectivity index (χ0v) is 67.0. The van der Waals surface area contributed by atoms with Crippen LogP contribution in [0.25, 0.3) is 0 Å². The molecule has 19 rings (SSSR count). The summed E-state index contributed by atoms with van der Waals surface area (Å²) in [6, 6.07) is 35.7. The molecule has 4 bridgehead atoms. The molecule has 0 saturated carbocycles. The summed E-state index contributed by atoms with van der Waals surface area (Å²) in [6.07, 6.45) is 15.0. The van der Waals surface area contributed by atoms with E-state index in [4.69, 9.17) is 0 Å². The average molecular weight is 1440 g/mol. The summed E-state index contributed by atoms with van der Waals surface area (Å²) in [5.41, 5.74) is 42.6. The molecular formula is C90H114Sb2. The van der Waals surface area contributed by atoms with Crippen LogP contribution in [0.3, 0.4) is 0 Å². The molecule has 0 N–H and O–H groups in total. The van der Waals surface area contributed by atoms with Crippen molar-refractivity contribution in [2.24, 2.45) is 0 Å². The molecule has 6 aromatic carbocycles. The summed E-state index contributed by atoms with van der Waals surface area (Å²) >= 11 is -5.26. The Kier molecular flexibility index (Phi) is 12.4. The monoisotopic (exact) mass is 1440 g/mol. The van der Waals surface area contributed by atoms with Crippen LogP contribution in [0, 0.1) is 0 Å². The van der Waals surface area contributed by atoms with E-state index < -0.39 is 40.4 Å². The van der Waals surface area contributed by atoms with Gasteiger partial charge in [0.1, 0.15) is 0 Å². The van der Waals surface area contributed by atoms with Crippen molar-refractivity contribution in [3.63, 3.8) is 0 Å². The van der Waals surface area contributed by atoms with Gasteiger partial charge in [0.15, 0.2) is 0 Å². The molecule has 2 heteroatoms. The summed E-state index contributed by atoms with van der Waals surface area (Å²) in [5.74, 6) is 0.487. The molecule has 12 aliphatic carbocycles. The van der Waals surface area contributed by atoms with E-state index in [0.29, 0.717) is 0 Å². The molecule has 0 atom stereocenters. The quantitative estimate of drug-likeness (QED) is 0.152. The Bertz CT molecular complexity index is 3630. The van der Waals surface area contributed by atoms with Gasteiger partial charge in [0.2, 0.25) is 0 Å². The molecule has 92 heavy (non-hydrogen) atoms. The van der Waals surface area contributed by atoms with Crippen LogP contribution < -0.4 is 0 Å². The SMILES string of the molecule is CC1(C)CCC(C)(C)c2cc3c(cc21)C1c2cc4c(cc2[C]3([Sb]2[CH2][Sb]([C]35c6cc7c(cc6C(c6cc8c(cc63)C(C)(C)CCC8(C)C)c3cc6c(cc35)C(C)(C)CCC6(C)C)C(C)(C)CCC7(C)C)[CH2]2)c2cc3c(cc21)C(C)(C)CCC3(C)C)C(C)(C)CCC4(C)C. The van der Waals surface area contributed by atoms with E-state index >= 15 is 0 Å². The Labute approximate surface area is 573 Å². The first-order chi connectivity index (χ1) is 42.4. The molecule has 1 aliphatic heterocycles. The molecule has 1 fully saturated rings. The van der Waals surface area contributed by atoms with Gasteiger partial charge in [-0.3, -0.25) is 0 Å². The molecule has 0 radical (unpaired) electrons. The number of fused-ring (bicyclic) bond motifs is 6. The van der Waals surface area contributed by atoms with Crippen molar-refractivity contribution < 1.29 is 0 Å². The number of rotatable bonds is 2. The minimum absolute atomic E-state index is 0.104. The van der Waals surface area contributed by atoms with E-state index in [1.807, 2.05) is 0 Å². The number of hydrogen-bond donors (Lipinski definition) is 0. The molecule has 0 nitrogen and oxygen atoms in total. The van der Waals surface area contributed by atoms with E-state index in [1.165, 1.54) is 77.0 Å². The van der Waals surface area contributed by atoms with E-state index in [0.717, 1.165) is 0 Å². The first-order valence-electron chi connectivity index (χ1n) is 37.1. The van der Waals surface area contributed by atoms with Crippen LogP contribution in [-0.2, 0) is 71.7 Å². The zero-order valence-electron chi connectivity index (χ0n) is 61.9. The van der Waals surface area contributed by atoms with Crippen LogP contribution in [0.4, 0.5) is 0 Å². The van der Waals surface area contributed by atoms with Crippen molar-refractivity contribution in [2.45, 2.75) is 331 Å². The maximum atomic E-state index is 3.02. The molecule has 0 spiro atoms. The van der Waals surface area contributed by atoms with Crippen molar-refractivity contribution >= 4 is 40.4 Å². The topological polar surface area (TPSA) is 0 Å². The number of benzene rings is 6. The van der Waals surface area contributed by atoms with Crippen LogP contribution in [0.15, 0.2) is 72.8 Å². The predicted octanol–water partition coefficient (Wildman–Crippen LogP) is 22.9. The van der Waals surface area contributed by atoms with Crippen molar-refractivity contribution in [1.29, 1.82) is 0 Å². The van der Waals surface area contributed by atoms with Gasteiger partial charge in [-0.2, -0.15) is 0 Å². The Morgan fingerprint density at radius 2 is 0.304 bits per heavy atom. The summed E-state index contributed by atoms with van der Waals surface area (Å²) in [5, 5.41) is 0. The molecule has 484 valence electrons. The molecular weight excluding hydrogens is 1320 g/mol. The Morgan fingerprint density at radius 3 is 0.435 bits per heavy atom. The first kappa shape index (κ1) is 62.5. The zero-order chi connectivity index (χ0) is 65.6. The average Bonchev–Trinajstić information content (AvgIpc) is 0.650. The van der Waals surface area contributed by atoms with Gasteiger partial charge in [0, 0.05) is 0 Å². The second kappa shape index (κ2) is 18.2. The van der Waals surface area contributed by atoms with Crippen LogP contribution in [0.5, 0.6) is 0 Å². The fourth-order valence-corrected chi connectivity index (χ4v) is 66.9. The summed E-state index contributed by atoms with van der Waals surface area (Å²) in [4.78, 5) is 0. The Morgan fingerprint density at radius 1 is 0.185 bits per heavy atom. The standard InChI is InChI=1S/2C44H55.2CH2.2Sb/c2*1-39(2)13-14-40(3,4)32-20-26-25(19-31(32)39)37-27-21-33-35(43(9,10)17-15-41(33,5)6)23-29(27)38(26)30-24-36-34(22-28(30)37)42(7,8)16-18-44(36,11)12;;;;/h2*19-24,37H,13-18H2,1-12H3;2*1H2;;. The molecule has 0 aromatic heterocycles. The normalized spacial score (nSPS) is 30.4. The number of hydrogen-bond acceptors (Lipinski definition) is 0. The molecule has 1 heterocycles. The van der Waals surface area contributed by atoms with Crippen LogP contribution in [0.1, 0.15) is 389 Å². The third-order valence-electron chi connectivity index (χ3n) is 30.0. The molecule has 0 unspecified atom stereocenters. The maximum absolute atomic E-state index is 3.02. The van der Waals surface area contributed by atoms with Crippen molar-refractivity contribution in [3.05, 3.63) is 206 Å². The van der Waals surface area contributed by atoms with Gasteiger partial charge >= 0.3 is 578 Å². The van der Waals surface area contributed by atoms with E-state index in [1.54, 1.807) is 138 Å². The molecule has 13 aliphatic rings. The summed E-state index contributed by atoms with van der Waals surface area (Å²) in [7, 11) is 0. The fraction of sp³-hybridized carbons (Fsp3) is 0.600. The van der Waals surface area contributed by atoms with Gasteiger partial charge < -0.3 is 0 Å². The van der Waals surface area contributed by atoms with E-state index in [-0.39, 0.29) is 83.5 Å². The minimum atomic E-state index is -2.63. The summed E-state index contributed by atoms with van der Waals surface area (Å²) < 4.78 is 2.89. The van der Waals surface area contributed by atoms with Gasteiger partial charge in [-0.15, -0.1) is 0 Å². The fourth-order valence-electron chi connectivity index (χ4n) is 22.8. The van der Waals surface area contributed by atoms with E-state index in [9.17, 15) is 0 Å². The van der Waals surface area contributed by atoms with Crippen molar-refractivity contribution in [2.75, 3.05) is 0 Å². The van der Waals surface area contributed by atoms with Crippen LogP contribution in [0.2, 0.25) is 4.63 Å². The second-order valence-electron chi connectivity index (χ2n) is 41.2. The van der Waals surface area contributed by atoms with Crippen molar-refractivity contribution in [1.82, 2.24) is 0 Å². The summed E-state index contributed by atoms with van der Waals surface area (Å²) in [6.45, 7) is 62.9. The van der Waals surface area contributed by atoms with Crippen LogP contribution >= 0.6 is 0 Å². The van der Waals surface area contributed by atoms with Gasteiger partial charge in [0.05, 0.1) is 0 Å². The third kappa shape index (κ3) is 7.80. The third-order valence-corrected chi connectivity index (χ3v) is 69.6. The Hall–Kier alpha value is -3.04. The van der Waals surface area contributed by atoms with Gasteiger partial charge in [-0.1, -0.05) is 0 Å². The van der Waals surface area contributed by atoms with E-state index in [2.05, 4.69) is 239 Å². The molecule has 6 aromatic rings. The Balaban J connectivity index is 1.00. The first-order valence-corrected chi connectivity index (χ1v) is 46.9. The predicted molar refractivity (Wildman–Crippen MR) is 393 cm³/mol. The second-order valence-corrected chi connectivity index (χ2v) is 63.6.